The van der Waals surface area contributed by atoms with Crippen LogP contribution in [0.25, 0.3) is 11.0 Å². The molecule has 3 aromatic rings. The Morgan fingerprint density at radius 2 is 1.77 bits per heavy atom. The van der Waals surface area contributed by atoms with Crippen molar-refractivity contribution in [2.45, 2.75) is 19.7 Å². The molecule has 0 unspecified atom stereocenters. The quantitative estimate of drug-likeness (QED) is 0.732. The van der Waals surface area contributed by atoms with Gasteiger partial charge in [0, 0.05) is 19.2 Å². The highest BCUT2D eigenvalue weighted by Gasteiger charge is 2.14. The molecule has 0 saturated carbocycles. The number of rotatable bonds is 6. The molecular formula is C18H17F2N3O3. The van der Waals surface area contributed by atoms with Crippen LogP contribution < -0.4 is 15.7 Å². The fourth-order valence-electron chi connectivity index (χ4n) is 2.77. The van der Waals surface area contributed by atoms with Gasteiger partial charge in [0.05, 0.1) is 11.0 Å². The number of alkyl halides is 2. The van der Waals surface area contributed by atoms with Crippen LogP contribution in [0.5, 0.6) is 5.75 Å². The number of hydrogen-bond donors (Lipinski definition) is 1. The van der Waals surface area contributed by atoms with Crippen molar-refractivity contribution in [3.63, 3.8) is 0 Å². The Labute approximate surface area is 147 Å². The van der Waals surface area contributed by atoms with Gasteiger partial charge in [-0.3, -0.25) is 13.9 Å². The van der Waals surface area contributed by atoms with Gasteiger partial charge in [-0.25, -0.2) is 4.79 Å². The lowest BCUT2D eigenvalue weighted by atomic mass is 10.2. The molecule has 136 valence electrons. The summed E-state index contributed by atoms with van der Waals surface area (Å²) in [5.74, 6) is -0.402. The zero-order valence-corrected chi connectivity index (χ0v) is 14.0. The van der Waals surface area contributed by atoms with Gasteiger partial charge >= 0.3 is 12.3 Å². The topological polar surface area (TPSA) is 65.3 Å². The van der Waals surface area contributed by atoms with E-state index in [0.717, 1.165) is 5.52 Å². The second-order valence-corrected chi connectivity index (χ2v) is 5.68. The number of fused-ring (bicyclic) bond motifs is 1. The fraction of sp³-hybridized carbons (Fsp3) is 0.222. The van der Waals surface area contributed by atoms with E-state index in [4.69, 9.17) is 0 Å². The van der Waals surface area contributed by atoms with Crippen LogP contribution >= 0.6 is 0 Å². The first-order valence-electron chi connectivity index (χ1n) is 7.91. The first kappa shape index (κ1) is 17.7. The van der Waals surface area contributed by atoms with Crippen molar-refractivity contribution >= 4 is 16.9 Å². The molecule has 1 N–H and O–H groups in total. The Balaban J connectivity index is 1.73. The summed E-state index contributed by atoms with van der Waals surface area (Å²) in [4.78, 5) is 24.6. The number of benzene rings is 2. The molecule has 3 rings (SSSR count). The van der Waals surface area contributed by atoms with Gasteiger partial charge in [-0.2, -0.15) is 8.78 Å². The van der Waals surface area contributed by atoms with E-state index < -0.39 is 12.5 Å². The van der Waals surface area contributed by atoms with Gasteiger partial charge in [0.15, 0.2) is 0 Å². The minimum atomic E-state index is -2.94. The van der Waals surface area contributed by atoms with Crippen LogP contribution in [0.15, 0.2) is 53.3 Å². The number of aromatic nitrogens is 2. The van der Waals surface area contributed by atoms with Crippen LogP contribution in [0.4, 0.5) is 8.78 Å². The fourth-order valence-corrected chi connectivity index (χ4v) is 2.77. The summed E-state index contributed by atoms with van der Waals surface area (Å²) in [5.41, 5.74) is 1.49. The van der Waals surface area contributed by atoms with Crippen LogP contribution in [0.3, 0.4) is 0 Å². The molecule has 0 aliphatic rings. The molecular weight excluding hydrogens is 344 g/mol. The molecule has 0 aliphatic carbocycles. The number of ether oxygens (including phenoxy) is 1. The van der Waals surface area contributed by atoms with Crippen molar-refractivity contribution in [3.8, 4) is 5.75 Å². The number of imidazole rings is 1. The zero-order chi connectivity index (χ0) is 18.7. The van der Waals surface area contributed by atoms with E-state index in [9.17, 15) is 18.4 Å². The van der Waals surface area contributed by atoms with Crippen molar-refractivity contribution in [2.24, 2.45) is 7.05 Å². The molecule has 1 heterocycles. The lowest BCUT2D eigenvalue weighted by molar-refractivity contribution is -0.121. The van der Waals surface area contributed by atoms with Gasteiger partial charge in [0.1, 0.15) is 12.3 Å². The standard InChI is InChI=1S/C18H17F2N3O3/c1-22-13-7-3-4-8-14(13)23(18(22)25)11-16(24)21-10-12-6-2-5-9-15(12)26-17(19)20/h2-9,17H,10-11H2,1H3,(H,21,24). The number of carbonyl (C=O) groups is 1. The number of hydrogen-bond acceptors (Lipinski definition) is 3. The summed E-state index contributed by atoms with van der Waals surface area (Å²) < 4.78 is 32.1. The first-order chi connectivity index (χ1) is 12.5. The van der Waals surface area contributed by atoms with E-state index in [-0.39, 0.29) is 24.5 Å². The third-order valence-corrected chi connectivity index (χ3v) is 4.02. The summed E-state index contributed by atoms with van der Waals surface area (Å²) in [7, 11) is 1.64. The highest BCUT2D eigenvalue weighted by atomic mass is 19.3. The number of amides is 1. The number of para-hydroxylation sites is 3. The lowest BCUT2D eigenvalue weighted by Crippen LogP contribution is -2.32. The lowest BCUT2D eigenvalue weighted by Gasteiger charge is -2.11. The van der Waals surface area contributed by atoms with Crippen LogP contribution in [0.1, 0.15) is 5.56 Å². The Morgan fingerprint density at radius 3 is 2.50 bits per heavy atom. The minimum Gasteiger partial charge on any atom is -0.434 e. The summed E-state index contributed by atoms with van der Waals surface area (Å²) in [6, 6.07) is 13.4. The number of aryl methyl sites for hydroxylation is 1. The van der Waals surface area contributed by atoms with Gasteiger partial charge in [0.25, 0.3) is 0 Å². The van der Waals surface area contributed by atoms with E-state index in [0.29, 0.717) is 11.1 Å². The predicted molar refractivity (Wildman–Crippen MR) is 92.1 cm³/mol. The number of nitrogens with zero attached hydrogens (tertiary/aromatic N) is 2. The Morgan fingerprint density at radius 1 is 1.12 bits per heavy atom. The first-order valence-corrected chi connectivity index (χ1v) is 7.91. The highest BCUT2D eigenvalue weighted by Crippen LogP contribution is 2.20. The van der Waals surface area contributed by atoms with Crippen molar-refractivity contribution in [1.29, 1.82) is 0 Å². The minimum absolute atomic E-state index is 0.00475. The molecule has 0 bridgehead atoms. The van der Waals surface area contributed by atoms with Crippen molar-refractivity contribution in [2.75, 3.05) is 0 Å². The molecule has 1 aromatic heterocycles. The summed E-state index contributed by atoms with van der Waals surface area (Å²) >= 11 is 0. The van der Waals surface area contributed by atoms with Crippen molar-refractivity contribution in [3.05, 3.63) is 64.6 Å². The Bertz CT molecular complexity index is 995. The van der Waals surface area contributed by atoms with Gasteiger partial charge in [-0.15, -0.1) is 0 Å². The molecule has 0 aliphatic heterocycles. The van der Waals surface area contributed by atoms with Gasteiger partial charge in [-0.1, -0.05) is 30.3 Å². The van der Waals surface area contributed by atoms with E-state index in [1.54, 1.807) is 43.4 Å². The molecule has 0 spiro atoms. The van der Waals surface area contributed by atoms with Crippen LogP contribution in [0, 0.1) is 0 Å². The second kappa shape index (κ2) is 7.38. The van der Waals surface area contributed by atoms with Gasteiger partial charge in [0.2, 0.25) is 5.91 Å². The molecule has 0 fully saturated rings. The van der Waals surface area contributed by atoms with Gasteiger partial charge in [-0.05, 0) is 18.2 Å². The third kappa shape index (κ3) is 3.58. The van der Waals surface area contributed by atoms with Crippen LogP contribution in [-0.4, -0.2) is 21.7 Å². The third-order valence-electron chi connectivity index (χ3n) is 4.02. The number of nitrogens with one attached hydrogen (secondary N) is 1. The zero-order valence-electron chi connectivity index (χ0n) is 14.0. The largest absolute Gasteiger partial charge is 0.434 e. The van der Waals surface area contributed by atoms with E-state index in [2.05, 4.69) is 10.1 Å². The maximum atomic E-state index is 12.4. The van der Waals surface area contributed by atoms with Crippen LogP contribution in [-0.2, 0) is 24.9 Å². The summed E-state index contributed by atoms with van der Waals surface area (Å²) in [6.45, 7) is -3.10. The average molecular weight is 361 g/mol. The maximum Gasteiger partial charge on any atom is 0.387 e. The molecule has 26 heavy (non-hydrogen) atoms. The van der Waals surface area contributed by atoms with Crippen LogP contribution in [0.2, 0.25) is 0 Å². The number of halogens is 2. The monoisotopic (exact) mass is 361 g/mol. The molecule has 0 atom stereocenters. The maximum absolute atomic E-state index is 12.4. The SMILES string of the molecule is Cn1c(=O)n(CC(=O)NCc2ccccc2OC(F)F)c2ccccc21. The van der Waals surface area contributed by atoms with E-state index >= 15 is 0 Å². The second-order valence-electron chi connectivity index (χ2n) is 5.68. The smallest absolute Gasteiger partial charge is 0.387 e. The molecule has 0 radical (unpaired) electrons. The Hall–Kier alpha value is -3.16. The summed E-state index contributed by atoms with van der Waals surface area (Å²) in [5, 5.41) is 2.63. The molecule has 6 nitrogen and oxygen atoms in total. The normalized spacial score (nSPS) is 11.1. The number of carbonyl (C=O) groups excluding carboxylic acids is 1. The molecule has 2 aromatic carbocycles. The van der Waals surface area contributed by atoms with Crippen molar-refractivity contribution in [1.82, 2.24) is 14.5 Å². The van der Waals surface area contributed by atoms with E-state index in [1.165, 1.54) is 15.2 Å². The van der Waals surface area contributed by atoms with Crippen molar-refractivity contribution < 1.29 is 18.3 Å². The highest BCUT2D eigenvalue weighted by molar-refractivity contribution is 5.80. The molecule has 1 amide bonds. The van der Waals surface area contributed by atoms with E-state index in [1.807, 2.05) is 6.07 Å². The average Bonchev–Trinajstić information content (AvgIpc) is 2.86. The predicted octanol–water partition coefficient (Wildman–Crippen LogP) is 2.26. The molecule has 8 heteroatoms. The summed E-state index contributed by atoms with van der Waals surface area (Å²) in [6.07, 6.45) is 0. The Kier molecular flexibility index (Phi) is 5.01. The molecule has 0 saturated heterocycles. The van der Waals surface area contributed by atoms with Gasteiger partial charge < -0.3 is 10.1 Å².